The summed E-state index contributed by atoms with van der Waals surface area (Å²) < 4.78 is 0. The van der Waals surface area contributed by atoms with Crippen molar-refractivity contribution in [2.75, 3.05) is 0 Å². The van der Waals surface area contributed by atoms with Crippen LogP contribution in [0.4, 0.5) is 0 Å². The molecule has 1 unspecified atom stereocenters. The molecule has 1 fully saturated rings. The highest BCUT2D eigenvalue weighted by atomic mass is 14.7. The van der Waals surface area contributed by atoms with Gasteiger partial charge in [-0.05, 0) is 49.7 Å². The zero-order chi connectivity index (χ0) is 13.4. The van der Waals surface area contributed by atoms with Crippen LogP contribution in [0.1, 0.15) is 68.5 Å². The molecule has 106 valence electrons. The number of aromatic nitrogens is 1. The Kier molecular flexibility index (Phi) is 3.29. The molecular formula is C19H25N. The van der Waals surface area contributed by atoms with Gasteiger partial charge in [-0.15, -0.1) is 0 Å². The van der Waals surface area contributed by atoms with Crippen LogP contribution in [-0.2, 0) is 6.42 Å². The van der Waals surface area contributed by atoms with Crippen LogP contribution in [-0.4, -0.2) is 4.98 Å². The van der Waals surface area contributed by atoms with E-state index in [1.165, 1.54) is 68.7 Å². The number of hydrogen-bond donors (Lipinski definition) is 1. The number of nitrogens with one attached hydrogen (secondary N) is 1. The monoisotopic (exact) mass is 267 g/mol. The number of H-pyrrole nitrogens is 1. The molecule has 0 bridgehead atoms. The normalized spacial score (nSPS) is 24.5. The fourth-order valence-electron chi connectivity index (χ4n) is 4.63. The second-order valence-corrected chi connectivity index (χ2v) is 6.81. The molecule has 2 aliphatic rings. The lowest BCUT2D eigenvalue weighted by molar-refractivity contribution is 0.337. The number of hydrogen-bond acceptors (Lipinski definition) is 0. The topological polar surface area (TPSA) is 15.8 Å². The minimum atomic E-state index is 0.809. The van der Waals surface area contributed by atoms with Crippen LogP contribution >= 0.6 is 0 Å². The van der Waals surface area contributed by atoms with Crippen LogP contribution in [0.25, 0.3) is 10.9 Å². The predicted octanol–water partition coefficient (Wildman–Crippen LogP) is 5.56. The second-order valence-electron chi connectivity index (χ2n) is 6.81. The molecule has 1 N–H and O–H groups in total. The Hall–Kier alpha value is -1.24. The van der Waals surface area contributed by atoms with Gasteiger partial charge >= 0.3 is 0 Å². The van der Waals surface area contributed by atoms with Crippen molar-refractivity contribution in [1.82, 2.24) is 4.98 Å². The largest absolute Gasteiger partial charge is 0.358 e. The van der Waals surface area contributed by atoms with E-state index in [-0.39, 0.29) is 0 Å². The fourth-order valence-corrected chi connectivity index (χ4v) is 4.63. The van der Waals surface area contributed by atoms with E-state index in [0.717, 1.165) is 11.8 Å². The average molecular weight is 267 g/mol. The first-order valence-electron chi connectivity index (χ1n) is 8.53. The van der Waals surface area contributed by atoms with Crippen molar-refractivity contribution in [3.63, 3.8) is 0 Å². The fraction of sp³-hybridized carbons (Fsp3) is 0.579. The molecule has 0 saturated heterocycles. The average Bonchev–Trinajstić information content (AvgIpc) is 2.68. The second kappa shape index (κ2) is 5.27. The maximum atomic E-state index is 3.78. The van der Waals surface area contributed by atoms with Crippen LogP contribution in [0, 0.1) is 5.92 Å². The van der Waals surface area contributed by atoms with Crippen molar-refractivity contribution in [2.24, 2.45) is 5.92 Å². The highest BCUT2D eigenvalue weighted by Gasteiger charge is 2.30. The first-order valence-corrected chi connectivity index (χ1v) is 8.53. The molecule has 4 rings (SSSR count). The highest BCUT2D eigenvalue weighted by Crippen LogP contribution is 2.44. The molecule has 0 amide bonds. The Morgan fingerprint density at radius 1 is 0.850 bits per heavy atom. The molecule has 2 aliphatic carbocycles. The van der Waals surface area contributed by atoms with Gasteiger partial charge in [-0.2, -0.15) is 0 Å². The van der Waals surface area contributed by atoms with Gasteiger partial charge in [0.05, 0.1) is 0 Å². The SMILES string of the molecule is c1ccc2c3c([nH]c2c1)C(C1CCCCCC1)CCC3. The van der Waals surface area contributed by atoms with Crippen LogP contribution < -0.4 is 0 Å². The van der Waals surface area contributed by atoms with E-state index >= 15 is 0 Å². The molecule has 1 heteroatoms. The van der Waals surface area contributed by atoms with Crippen molar-refractivity contribution >= 4 is 10.9 Å². The van der Waals surface area contributed by atoms with Gasteiger partial charge in [0.15, 0.2) is 0 Å². The third-order valence-electron chi connectivity index (χ3n) is 5.63. The number of aryl methyl sites for hydroxylation is 1. The molecule has 1 heterocycles. The third kappa shape index (κ3) is 2.08. The Morgan fingerprint density at radius 2 is 1.65 bits per heavy atom. The lowest BCUT2D eigenvalue weighted by Crippen LogP contribution is -2.18. The van der Waals surface area contributed by atoms with Gasteiger partial charge in [0.2, 0.25) is 0 Å². The van der Waals surface area contributed by atoms with E-state index < -0.39 is 0 Å². The third-order valence-corrected chi connectivity index (χ3v) is 5.63. The van der Waals surface area contributed by atoms with Crippen molar-refractivity contribution in [1.29, 1.82) is 0 Å². The van der Waals surface area contributed by atoms with Crippen LogP contribution in [0.2, 0.25) is 0 Å². The molecule has 1 aromatic carbocycles. The Morgan fingerprint density at radius 3 is 2.50 bits per heavy atom. The zero-order valence-electron chi connectivity index (χ0n) is 12.3. The molecule has 0 radical (unpaired) electrons. The van der Waals surface area contributed by atoms with Crippen molar-refractivity contribution in [2.45, 2.75) is 63.7 Å². The number of aromatic amines is 1. The van der Waals surface area contributed by atoms with Crippen LogP contribution in [0.3, 0.4) is 0 Å². The van der Waals surface area contributed by atoms with Gasteiger partial charge in [0.1, 0.15) is 0 Å². The van der Waals surface area contributed by atoms with Gasteiger partial charge < -0.3 is 4.98 Å². The Labute approximate surface area is 121 Å². The van der Waals surface area contributed by atoms with E-state index in [9.17, 15) is 0 Å². The smallest absolute Gasteiger partial charge is 0.0459 e. The first kappa shape index (κ1) is 12.5. The van der Waals surface area contributed by atoms with E-state index in [0.29, 0.717) is 0 Å². The number of rotatable bonds is 1. The minimum absolute atomic E-state index is 0.809. The van der Waals surface area contributed by atoms with Gasteiger partial charge in [-0.1, -0.05) is 43.9 Å². The summed E-state index contributed by atoms with van der Waals surface area (Å²) in [5.74, 6) is 1.74. The quantitative estimate of drug-likeness (QED) is 0.651. The molecule has 20 heavy (non-hydrogen) atoms. The summed E-state index contributed by atoms with van der Waals surface area (Å²) in [7, 11) is 0. The van der Waals surface area contributed by atoms with E-state index in [1.807, 2.05) is 0 Å². The van der Waals surface area contributed by atoms with Gasteiger partial charge in [0.25, 0.3) is 0 Å². The predicted molar refractivity (Wildman–Crippen MR) is 85.2 cm³/mol. The molecule has 1 saturated carbocycles. The summed E-state index contributed by atoms with van der Waals surface area (Å²) in [6.07, 6.45) is 12.8. The summed E-state index contributed by atoms with van der Waals surface area (Å²) >= 11 is 0. The zero-order valence-corrected chi connectivity index (χ0v) is 12.3. The number of fused-ring (bicyclic) bond motifs is 3. The molecule has 0 aliphatic heterocycles. The Balaban J connectivity index is 1.73. The molecule has 2 aromatic rings. The molecule has 1 atom stereocenters. The van der Waals surface area contributed by atoms with E-state index in [1.54, 1.807) is 11.3 Å². The number of benzene rings is 1. The van der Waals surface area contributed by atoms with Gasteiger partial charge in [-0.3, -0.25) is 0 Å². The van der Waals surface area contributed by atoms with Crippen molar-refractivity contribution in [3.05, 3.63) is 35.5 Å². The van der Waals surface area contributed by atoms with Crippen LogP contribution in [0.15, 0.2) is 24.3 Å². The molecule has 1 nitrogen and oxygen atoms in total. The van der Waals surface area contributed by atoms with Crippen molar-refractivity contribution in [3.8, 4) is 0 Å². The maximum absolute atomic E-state index is 3.78. The van der Waals surface area contributed by atoms with Gasteiger partial charge in [0, 0.05) is 22.5 Å². The Bertz CT molecular complexity index is 587. The van der Waals surface area contributed by atoms with Crippen LogP contribution in [0.5, 0.6) is 0 Å². The van der Waals surface area contributed by atoms with Crippen molar-refractivity contribution < 1.29 is 0 Å². The van der Waals surface area contributed by atoms with E-state index in [2.05, 4.69) is 29.2 Å². The molecule has 1 aromatic heterocycles. The summed E-state index contributed by atoms with van der Waals surface area (Å²) in [6.45, 7) is 0. The van der Waals surface area contributed by atoms with Gasteiger partial charge in [-0.25, -0.2) is 0 Å². The maximum Gasteiger partial charge on any atom is 0.0459 e. The highest BCUT2D eigenvalue weighted by molar-refractivity contribution is 5.85. The summed E-state index contributed by atoms with van der Waals surface area (Å²) in [4.78, 5) is 3.78. The molecular weight excluding hydrogens is 242 g/mol. The first-order chi connectivity index (χ1) is 9.93. The summed E-state index contributed by atoms with van der Waals surface area (Å²) in [5.41, 5.74) is 4.60. The standard InChI is InChI=1S/C19H25N/c1-2-4-9-14(8-3-1)15-11-7-12-17-16-10-5-6-13-18(16)20-19(15)17/h5-6,10,13-15,20H,1-4,7-9,11-12H2. The van der Waals surface area contributed by atoms with E-state index in [4.69, 9.17) is 0 Å². The summed E-state index contributed by atoms with van der Waals surface area (Å²) in [5, 5.41) is 1.49. The summed E-state index contributed by atoms with van der Waals surface area (Å²) in [6, 6.07) is 8.90. The minimum Gasteiger partial charge on any atom is -0.358 e. The lowest BCUT2D eigenvalue weighted by Gasteiger charge is -2.30. The molecule has 0 spiro atoms. The lowest BCUT2D eigenvalue weighted by atomic mass is 9.76. The number of para-hydroxylation sites is 1.